The van der Waals surface area contributed by atoms with E-state index in [2.05, 4.69) is 27.5 Å². The fourth-order valence-corrected chi connectivity index (χ4v) is 4.71. The second kappa shape index (κ2) is 7.22. The minimum Gasteiger partial charge on any atom is -0.331 e. The SMILES string of the molecule is CC(=O)Nc1nc(C)c(-c2cc3c(c(NC(C)=O)n2)C(=O)N([C@@H](C)C2CC2)C3)s1. The van der Waals surface area contributed by atoms with Gasteiger partial charge in [-0.15, -0.1) is 0 Å². The predicted molar refractivity (Wildman–Crippen MR) is 111 cm³/mol. The van der Waals surface area contributed by atoms with Gasteiger partial charge in [-0.25, -0.2) is 9.97 Å². The van der Waals surface area contributed by atoms with Crippen molar-refractivity contribution >= 4 is 40.0 Å². The number of aryl methyl sites for hydroxylation is 1. The van der Waals surface area contributed by atoms with Gasteiger partial charge in [0.15, 0.2) is 5.13 Å². The number of pyridine rings is 1. The molecule has 0 unspecified atom stereocenters. The molecule has 3 heterocycles. The van der Waals surface area contributed by atoms with Crippen LogP contribution in [0.15, 0.2) is 6.07 Å². The minimum atomic E-state index is -0.279. The second-order valence-corrected chi connectivity index (χ2v) is 8.70. The normalized spacial score (nSPS) is 16.6. The van der Waals surface area contributed by atoms with E-state index >= 15 is 0 Å². The zero-order valence-corrected chi connectivity index (χ0v) is 17.6. The highest BCUT2D eigenvalue weighted by atomic mass is 32.1. The molecule has 0 bridgehead atoms. The van der Waals surface area contributed by atoms with Crippen molar-refractivity contribution in [3.8, 4) is 10.6 Å². The van der Waals surface area contributed by atoms with E-state index in [1.807, 2.05) is 17.9 Å². The van der Waals surface area contributed by atoms with E-state index in [4.69, 9.17) is 0 Å². The van der Waals surface area contributed by atoms with Crippen LogP contribution >= 0.6 is 11.3 Å². The Hall–Kier alpha value is -2.81. The maximum absolute atomic E-state index is 13.1. The van der Waals surface area contributed by atoms with Crippen molar-refractivity contribution in [3.05, 3.63) is 22.9 Å². The van der Waals surface area contributed by atoms with Crippen LogP contribution in [0, 0.1) is 12.8 Å². The monoisotopic (exact) mass is 413 g/mol. The standard InChI is InChI=1S/C20H23N5O3S/c1-9-17(29-20(21-9)23-12(4)27)15-7-14-8-25(10(2)13-5-6-13)19(28)16(14)18(24-15)22-11(3)26/h7,10,13H,5-6,8H2,1-4H3,(H,21,23,27)(H,22,24,26)/t10-/m0/s1. The smallest absolute Gasteiger partial charge is 0.258 e. The maximum Gasteiger partial charge on any atom is 0.258 e. The summed E-state index contributed by atoms with van der Waals surface area (Å²) in [5, 5.41) is 5.91. The Bertz CT molecular complexity index is 1030. The number of amides is 3. The third-order valence-electron chi connectivity index (χ3n) is 5.32. The lowest BCUT2D eigenvalue weighted by Crippen LogP contribution is -2.35. The Morgan fingerprint density at radius 2 is 1.90 bits per heavy atom. The number of nitrogens with zero attached hydrogens (tertiary/aromatic N) is 3. The van der Waals surface area contributed by atoms with Crippen LogP contribution in [-0.2, 0) is 16.1 Å². The molecule has 2 aliphatic rings. The fourth-order valence-electron chi connectivity index (χ4n) is 3.73. The van der Waals surface area contributed by atoms with E-state index in [9.17, 15) is 14.4 Å². The predicted octanol–water partition coefficient (Wildman–Crippen LogP) is 3.18. The molecular formula is C20H23N5O3S. The third kappa shape index (κ3) is 3.74. The topological polar surface area (TPSA) is 104 Å². The molecular weight excluding hydrogens is 390 g/mol. The Labute approximate surface area is 172 Å². The molecule has 1 aliphatic carbocycles. The van der Waals surface area contributed by atoms with Gasteiger partial charge in [0.2, 0.25) is 11.8 Å². The van der Waals surface area contributed by atoms with Gasteiger partial charge in [0.05, 0.1) is 21.8 Å². The number of fused-ring (bicyclic) bond motifs is 1. The van der Waals surface area contributed by atoms with Crippen LogP contribution in [0.3, 0.4) is 0 Å². The first-order valence-corrected chi connectivity index (χ1v) is 10.4. The van der Waals surface area contributed by atoms with Crippen LogP contribution in [0.25, 0.3) is 10.6 Å². The number of hydrogen-bond donors (Lipinski definition) is 2. The molecule has 0 aromatic carbocycles. The van der Waals surface area contributed by atoms with E-state index in [0.717, 1.165) is 29.0 Å². The summed E-state index contributed by atoms with van der Waals surface area (Å²) in [7, 11) is 0. The maximum atomic E-state index is 13.1. The first-order chi connectivity index (χ1) is 13.7. The summed E-state index contributed by atoms with van der Waals surface area (Å²) in [4.78, 5) is 47.8. The molecule has 1 saturated carbocycles. The van der Waals surface area contributed by atoms with Gasteiger partial charge in [-0.2, -0.15) is 0 Å². The van der Waals surface area contributed by atoms with Crippen molar-refractivity contribution in [1.29, 1.82) is 0 Å². The van der Waals surface area contributed by atoms with Crippen LogP contribution in [-0.4, -0.2) is 38.6 Å². The number of aromatic nitrogens is 2. The van der Waals surface area contributed by atoms with Crippen LogP contribution in [0.4, 0.5) is 10.9 Å². The van der Waals surface area contributed by atoms with Crippen LogP contribution in [0.1, 0.15) is 55.2 Å². The first-order valence-electron chi connectivity index (χ1n) is 9.62. The molecule has 2 N–H and O–H groups in total. The Morgan fingerprint density at radius 1 is 1.21 bits per heavy atom. The molecule has 2 aromatic heterocycles. The van der Waals surface area contributed by atoms with Crippen molar-refractivity contribution in [2.75, 3.05) is 10.6 Å². The number of carbonyl (C=O) groups is 3. The van der Waals surface area contributed by atoms with Crippen molar-refractivity contribution in [2.24, 2.45) is 5.92 Å². The molecule has 2 aromatic rings. The van der Waals surface area contributed by atoms with Crippen molar-refractivity contribution < 1.29 is 14.4 Å². The quantitative estimate of drug-likeness (QED) is 0.783. The highest BCUT2D eigenvalue weighted by Crippen LogP contribution is 2.41. The molecule has 0 spiro atoms. The first kappa shape index (κ1) is 19.5. The molecule has 152 valence electrons. The second-order valence-electron chi connectivity index (χ2n) is 7.70. The number of rotatable bonds is 5. The lowest BCUT2D eigenvalue weighted by atomic mass is 10.1. The highest BCUT2D eigenvalue weighted by molar-refractivity contribution is 7.19. The van der Waals surface area contributed by atoms with Gasteiger partial charge in [-0.3, -0.25) is 14.4 Å². The Morgan fingerprint density at radius 3 is 2.52 bits per heavy atom. The zero-order chi connectivity index (χ0) is 20.9. The molecule has 1 aliphatic heterocycles. The number of hydrogen-bond acceptors (Lipinski definition) is 6. The lowest BCUT2D eigenvalue weighted by Gasteiger charge is -2.24. The van der Waals surface area contributed by atoms with Crippen LogP contribution in [0.2, 0.25) is 0 Å². The van der Waals surface area contributed by atoms with E-state index in [1.165, 1.54) is 25.2 Å². The van der Waals surface area contributed by atoms with Crippen LogP contribution < -0.4 is 10.6 Å². The van der Waals surface area contributed by atoms with Gasteiger partial charge < -0.3 is 15.5 Å². The van der Waals surface area contributed by atoms with Gasteiger partial charge in [0.25, 0.3) is 5.91 Å². The number of carbonyl (C=O) groups excluding carboxylic acids is 3. The van der Waals surface area contributed by atoms with Crippen molar-refractivity contribution in [3.63, 3.8) is 0 Å². The van der Waals surface area contributed by atoms with Gasteiger partial charge >= 0.3 is 0 Å². The largest absolute Gasteiger partial charge is 0.331 e. The molecule has 1 fully saturated rings. The molecule has 0 radical (unpaired) electrons. The van der Waals surface area contributed by atoms with Gasteiger partial charge in [0.1, 0.15) is 5.82 Å². The summed E-state index contributed by atoms with van der Waals surface area (Å²) < 4.78 is 0. The highest BCUT2D eigenvalue weighted by Gasteiger charge is 2.40. The van der Waals surface area contributed by atoms with E-state index in [-0.39, 0.29) is 29.6 Å². The molecule has 0 saturated heterocycles. The average molecular weight is 414 g/mol. The van der Waals surface area contributed by atoms with E-state index < -0.39 is 0 Å². The number of thiazole rings is 1. The van der Waals surface area contributed by atoms with Crippen LogP contribution in [0.5, 0.6) is 0 Å². The van der Waals surface area contributed by atoms with Gasteiger partial charge in [0, 0.05) is 26.4 Å². The zero-order valence-electron chi connectivity index (χ0n) is 16.8. The number of nitrogens with one attached hydrogen (secondary N) is 2. The van der Waals surface area contributed by atoms with Crippen molar-refractivity contribution in [1.82, 2.24) is 14.9 Å². The summed E-state index contributed by atoms with van der Waals surface area (Å²) in [6.07, 6.45) is 2.30. The Kier molecular flexibility index (Phi) is 4.85. The molecule has 4 rings (SSSR count). The number of anilines is 2. The summed E-state index contributed by atoms with van der Waals surface area (Å²) in [6, 6.07) is 2.07. The lowest BCUT2D eigenvalue weighted by molar-refractivity contribution is -0.115. The molecule has 3 amide bonds. The fraction of sp³-hybridized carbons (Fsp3) is 0.450. The molecule has 8 nitrogen and oxygen atoms in total. The summed E-state index contributed by atoms with van der Waals surface area (Å²) in [5.41, 5.74) is 2.69. The summed E-state index contributed by atoms with van der Waals surface area (Å²) >= 11 is 1.32. The molecule has 9 heteroatoms. The van der Waals surface area contributed by atoms with E-state index in [0.29, 0.717) is 28.9 Å². The van der Waals surface area contributed by atoms with E-state index in [1.54, 1.807) is 0 Å². The third-order valence-corrected chi connectivity index (χ3v) is 6.41. The van der Waals surface area contributed by atoms with Gasteiger partial charge in [-0.05, 0) is 44.2 Å². The molecule has 1 atom stereocenters. The molecule has 29 heavy (non-hydrogen) atoms. The van der Waals surface area contributed by atoms with Crippen molar-refractivity contribution in [2.45, 2.75) is 53.1 Å². The summed E-state index contributed by atoms with van der Waals surface area (Å²) in [5.74, 6) is 0.283. The Balaban J connectivity index is 1.76. The minimum absolute atomic E-state index is 0.0813. The average Bonchev–Trinajstić information content (AvgIpc) is 3.33. The van der Waals surface area contributed by atoms with Gasteiger partial charge in [-0.1, -0.05) is 11.3 Å². The summed E-state index contributed by atoms with van der Waals surface area (Å²) in [6.45, 7) is 7.26.